The lowest BCUT2D eigenvalue weighted by molar-refractivity contribution is -0.858. The summed E-state index contributed by atoms with van der Waals surface area (Å²) >= 11 is 1.84. The second-order valence-electron chi connectivity index (χ2n) is 7.31. The third-order valence-electron chi connectivity index (χ3n) is 5.12. The van der Waals surface area contributed by atoms with Crippen LogP contribution in [0.5, 0.6) is 0 Å². The van der Waals surface area contributed by atoms with Crippen LogP contribution in [0.3, 0.4) is 0 Å². The van der Waals surface area contributed by atoms with E-state index in [0.29, 0.717) is 0 Å². The zero-order chi connectivity index (χ0) is 16.9. The van der Waals surface area contributed by atoms with Gasteiger partial charge in [0.15, 0.2) is 5.03 Å². The highest BCUT2D eigenvalue weighted by molar-refractivity contribution is 7.99. The monoisotopic (exact) mass is 346 g/mol. The van der Waals surface area contributed by atoms with Crippen LogP contribution in [0.1, 0.15) is 48.8 Å². The van der Waals surface area contributed by atoms with Gasteiger partial charge in [0.2, 0.25) is 0 Å². The van der Waals surface area contributed by atoms with Gasteiger partial charge in [0.25, 0.3) is 5.82 Å². The van der Waals surface area contributed by atoms with Gasteiger partial charge in [-0.25, -0.2) is 4.98 Å². The molecule has 1 aliphatic heterocycles. The van der Waals surface area contributed by atoms with Crippen molar-refractivity contribution in [3.8, 4) is 6.07 Å². The van der Waals surface area contributed by atoms with E-state index in [1.807, 2.05) is 11.8 Å². The number of H-pyrrole nitrogens is 1. The van der Waals surface area contributed by atoms with Gasteiger partial charge in [0.1, 0.15) is 11.6 Å². The van der Waals surface area contributed by atoms with Crippen LogP contribution >= 0.6 is 11.8 Å². The Morgan fingerprint density at radius 2 is 1.83 bits per heavy atom. The van der Waals surface area contributed by atoms with E-state index in [4.69, 9.17) is 0 Å². The molecule has 4 nitrogen and oxygen atoms in total. The van der Waals surface area contributed by atoms with E-state index in [0.717, 1.165) is 42.3 Å². The molecule has 1 aliphatic carbocycles. The number of nitrogens with zero attached hydrogens (tertiary/aromatic N) is 2. The normalized spacial score (nSPS) is 17.2. The molecular weight excluding hydrogens is 316 g/mol. The number of aromatic nitrogens is 1. The number of nitriles is 1. The van der Waals surface area contributed by atoms with Gasteiger partial charge in [-0.3, -0.25) is 4.90 Å². The molecule has 1 aromatic rings. The number of thioether (sulfide) groups is 1. The molecule has 130 valence electrons. The summed E-state index contributed by atoms with van der Waals surface area (Å²) in [6.45, 7) is 3.49. The lowest BCUT2D eigenvalue weighted by Crippen LogP contribution is -3.05. The molecule has 0 radical (unpaired) electrons. The predicted octanol–water partition coefficient (Wildman–Crippen LogP) is 1.48. The van der Waals surface area contributed by atoms with Crippen LogP contribution in [0.25, 0.3) is 0 Å². The standard InChI is InChI=1S/C19H28N4S/c1-22(2)10-7-13-24-19-17(14-20)15-8-3-4-9-16(15)18(21-19)23-11-5-6-12-23/h3-13H2,1-2H3/p+2. The first kappa shape index (κ1) is 17.6. The van der Waals surface area contributed by atoms with Crippen molar-refractivity contribution in [2.75, 3.05) is 44.4 Å². The highest BCUT2D eigenvalue weighted by atomic mass is 32.2. The average molecular weight is 347 g/mol. The third kappa shape index (κ3) is 3.87. The fourth-order valence-corrected chi connectivity index (χ4v) is 4.84. The number of nitrogens with one attached hydrogen (secondary N) is 2. The SMILES string of the molecule is C[NH+](C)CCCSc1[nH+]c(N2CCCC2)c2c(c1C#N)CCCC2. The first-order valence-corrected chi connectivity index (χ1v) is 10.4. The van der Waals surface area contributed by atoms with Crippen molar-refractivity contribution >= 4 is 17.6 Å². The van der Waals surface area contributed by atoms with Crippen molar-refractivity contribution in [1.29, 1.82) is 5.26 Å². The zero-order valence-electron chi connectivity index (χ0n) is 15.1. The molecule has 24 heavy (non-hydrogen) atoms. The molecule has 2 heterocycles. The average Bonchev–Trinajstić information content (AvgIpc) is 3.12. The minimum absolute atomic E-state index is 0.926. The molecule has 0 amide bonds. The van der Waals surface area contributed by atoms with Crippen LogP contribution in [-0.4, -0.2) is 39.5 Å². The molecule has 1 saturated heterocycles. The molecule has 0 spiro atoms. The lowest BCUT2D eigenvalue weighted by atomic mass is 9.89. The van der Waals surface area contributed by atoms with Gasteiger partial charge >= 0.3 is 0 Å². The van der Waals surface area contributed by atoms with Gasteiger partial charge in [-0.2, -0.15) is 5.26 Å². The Bertz CT molecular complexity index is 615. The number of quaternary nitrogens is 1. The quantitative estimate of drug-likeness (QED) is 0.627. The summed E-state index contributed by atoms with van der Waals surface area (Å²) in [5.74, 6) is 2.40. The summed E-state index contributed by atoms with van der Waals surface area (Å²) < 4.78 is 0. The zero-order valence-corrected chi connectivity index (χ0v) is 15.9. The maximum atomic E-state index is 9.77. The molecule has 2 aliphatic rings. The first-order chi connectivity index (χ1) is 11.7. The molecule has 1 fully saturated rings. The molecule has 0 aromatic carbocycles. The van der Waals surface area contributed by atoms with E-state index in [-0.39, 0.29) is 0 Å². The van der Waals surface area contributed by atoms with Gasteiger partial charge in [-0.15, -0.1) is 0 Å². The molecule has 0 bridgehead atoms. The second kappa shape index (κ2) is 8.22. The van der Waals surface area contributed by atoms with Gasteiger partial charge in [-0.1, -0.05) is 11.8 Å². The van der Waals surface area contributed by atoms with Crippen molar-refractivity contribution in [3.63, 3.8) is 0 Å². The van der Waals surface area contributed by atoms with Crippen LogP contribution in [-0.2, 0) is 12.8 Å². The second-order valence-corrected chi connectivity index (χ2v) is 8.41. The first-order valence-electron chi connectivity index (χ1n) is 9.38. The van der Waals surface area contributed by atoms with Crippen LogP contribution in [0.2, 0.25) is 0 Å². The van der Waals surface area contributed by atoms with E-state index >= 15 is 0 Å². The Morgan fingerprint density at radius 1 is 1.12 bits per heavy atom. The van der Waals surface area contributed by atoms with E-state index in [1.165, 1.54) is 60.5 Å². The summed E-state index contributed by atoms with van der Waals surface area (Å²) in [7, 11) is 4.39. The number of hydrogen-bond acceptors (Lipinski definition) is 3. The Labute approximate surface area is 150 Å². The van der Waals surface area contributed by atoms with E-state index in [2.05, 4.69) is 30.0 Å². The molecule has 0 saturated carbocycles. The van der Waals surface area contributed by atoms with Crippen LogP contribution in [0.4, 0.5) is 5.82 Å². The Kier molecular flexibility index (Phi) is 6.02. The number of hydrogen-bond donors (Lipinski definition) is 1. The minimum atomic E-state index is 0.926. The van der Waals surface area contributed by atoms with Gasteiger partial charge in [0, 0.05) is 17.7 Å². The van der Waals surface area contributed by atoms with Crippen LogP contribution in [0.15, 0.2) is 5.03 Å². The molecule has 2 N–H and O–H groups in total. The molecule has 5 heteroatoms. The topological polar surface area (TPSA) is 45.6 Å². The fraction of sp³-hybridized carbons (Fsp3) is 0.684. The Hall–Kier alpha value is -1.25. The Morgan fingerprint density at radius 3 is 2.50 bits per heavy atom. The van der Waals surface area contributed by atoms with E-state index in [1.54, 1.807) is 0 Å². The summed E-state index contributed by atoms with van der Waals surface area (Å²) in [6, 6.07) is 2.52. The third-order valence-corrected chi connectivity index (χ3v) is 6.20. The van der Waals surface area contributed by atoms with Crippen molar-refractivity contribution in [1.82, 2.24) is 0 Å². The maximum Gasteiger partial charge on any atom is 0.278 e. The summed E-state index contributed by atoms with van der Waals surface area (Å²) in [4.78, 5) is 7.68. The molecule has 0 unspecified atom stereocenters. The number of aromatic amines is 1. The number of fused-ring (bicyclic) bond motifs is 1. The van der Waals surface area contributed by atoms with Crippen molar-refractivity contribution in [2.24, 2.45) is 0 Å². The van der Waals surface area contributed by atoms with Gasteiger partial charge in [0.05, 0.1) is 33.7 Å². The molecule has 0 atom stereocenters. The highest BCUT2D eigenvalue weighted by Crippen LogP contribution is 2.34. The van der Waals surface area contributed by atoms with E-state index < -0.39 is 0 Å². The van der Waals surface area contributed by atoms with Crippen molar-refractivity contribution in [2.45, 2.75) is 50.0 Å². The van der Waals surface area contributed by atoms with E-state index in [9.17, 15) is 5.26 Å². The number of rotatable bonds is 6. The lowest BCUT2D eigenvalue weighted by Gasteiger charge is -2.22. The van der Waals surface area contributed by atoms with Crippen LogP contribution < -0.4 is 14.8 Å². The number of anilines is 1. The highest BCUT2D eigenvalue weighted by Gasteiger charge is 2.31. The molecular formula is C19H30N4S+2. The molecule has 1 aromatic heterocycles. The largest absolute Gasteiger partial charge is 0.340 e. The van der Waals surface area contributed by atoms with Gasteiger partial charge < -0.3 is 4.90 Å². The minimum Gasteiger partial charge on any atom is -0.340 e. The summed E-state index contributed by atoms with van der Waals surface area (Å²) in [5, 5.41) is 10.9. The maximum absolute atomic E-state index is 9.77. The Balaban J connectivity index is 1.89. The smallest absolute Gasteiger partial charge is 0.278 e. The fourth-order valence-electron chi connectivity index (χ4n) is 3.86. The molecule has 3 rings (SSSR count). The van der Waals surface area contributed by atoms with Gasteiger partial charge in [-0.05, 0) is 44.1 Å². The summed E-state index contributed by atoms with van der Waals surface area (Å²) in [6.07, 6.45) is 8.43. The number of pyridine rings is 1. The summed E-state index contributed by atoms with van der Waals surface area (Å²) in [5.41, 5.74) is 3.70. The van der Waals surface area contributed by atoms with Crippen LogP contribution in [0, 0.1) is 11.3 Å². The van der Waals surface area contributed by atoms with Crippen molar-refractivity contribution < 1.29 is 9.88 Å². The predicted molar refractivity (Wildman–Crippen MR) is 98.8 cm³/mol. The van der Waals surface area contributed by atoms with Crippen molar-refractivity contribution in [3.05, 3.63) is 16.7 Å².